The van der Waals surface area contributed by atoms with Gasteiger partial charge in [-0.2, -0.15) is 0 Å². The first kappa shape index (κ1) is 13.9. The van der Waals surface area contributed by atoms with Crippen molar-refractivity contribution < 1.29 is 24.2 Å². The monoisotopic (exact) mass is 277 g/mol. The van der Waals surface area contributed by atoms with Crippen molar-refractivity contribution >= 4 is 11.9 Å². The molecule has 0 spiro atoms. The molecule has 1 heterocycles. The number of aliphatic carboxylic acids is 1. The third-order valence-electron chi connectivity index (χ3n) is 2.90. The zero-order valence-corrected chi connectivity index (χ0v) is 10.8. The van der Waals surface area contributed by atoms with E-state index in [4.69, 9.17) is 14.6 Å². The molecule has 0 radical (unpaired) electrons. The molecule has 6 nitrogen and oxygen atoms in total. The fraction of sp³-hybridized carbons (Fsp3) is 0.286. The number of carboxylic acid groups (broad SMARTS) is 1. The van der Waals surface area contributed by atoms with E-state index in [9.17, 15) is 9.59 Å². The zero-order chi connectivity index (χ0) is 14.5. The van der Waals surface area contributed by atoms with Crippen molar-refractivity contribution in [1.82, 2.24) is 5.32 Å². The summed E-state index contributed by atoms with van der Waals surface area (Å²) in [5.74, 6) is -0.473. The van der Waals surface area contributed by atoms with E-state index in [1.54, 1.807) is 18.2 Å². The van der Waals surface area contributed by atoms with Crippen LogP contribution in [0.2, 0.25) is 0 Å². The van der Waals surface area contributed by atoms with Crippen LogP contribution in [0.3, 0.4) is 0 Å². The number of carboxylic acids is 1. The second-order valence-electron chi connectivity index (χ2n) is 4.30. The van der Waals surface area contributed by atoms with Crippen LogP contribution in [0.25, 0.3) is 0 Å². The molecule has 0 aliphatic carbocycles. The van der Waals surface area contributed by atoms with Gasteiger partial charge in [0.15, 0.2) is 11.5 Å². The number of rotatable bonds is 6. The van der Waals surface area contributed by atoms with Gasteiger partial charge in [0.1, 0.15) is 6.04 Å². The summed E-state index contributed by atoms with van der Waals surface area (Å²) in [5, 5.41) is 11.5. The number of hydrogen-bond donors (Lipinski definition) is 2. The Morgan fingerprint density at radius 3 is 2.85 bits per heavy atom. The lowest BCUT2D eigenvalue weighted by Gasteiger charge is -2.13. The lowest BCUT2D eigenvalue weighted by molar-refractivity contribution is -0.139. The second kappa shape index (κ2) is 6.10. The maximum absolute atomic E-state index is 12.0. The average Bonchev–Trinajstić information content (AvgIpc) is 2.90. The molecule has 1 atom stereocenters. The van der Waals surface area contributed by atoms with E-state index in [-0.39, 0.29) is 6.79 Å². The number of nitrogens with one attached hydrogen (secondary N) is 1. The highest BCUT2D eigenvalue weighted by atomic mass is 16.7. The summed E-state index contributed by atoms with van der Waals surface area (Å²) in [6.45, 7) is 3.66. The topological polar surface area (TPSA) is 84.9 Å². The molecular formula is C14H15NO5. The van der Waals surface area contributed by atoms with Crippen LogP contribution in [-0.4, -0.2) is 29.8 Å². The Bertz CT molecular complexity index is 540. The van der Waals surface area contributed by atoms with Crippen molar-refractivity contribution in [1.29, 1.82) is 0 Å². The Hall–Kier alpha value is -2.50. The molecule has 0 bridgehead atoms. The summed E-state index contributed by atoms with van der Waals surface area (Å²) in [5.41, 5.74) is 0.333. The fourth-order valence-corrected chi connectivity index (χ4v) is 1.82. The van der Waals surface area contributed by atoms with Crippen LogP contribution in [0.5, 0.6) is 11.5 Å². The van der Waals surface area contributed by atoms with E-state index in [2.05, 4.69) is 11.9 Å². The van der Waals surface area contributed by atoms with Gasteiger partial charge >= 0.3 is 5.97 Å². The highest BCUT2D eigenvalue weighted by Crippen LogP contribution is 2.32. The van der Waals surface area contributed by atoms with Crippen molar-refractivity contribution in [2.24, 2.45) is 0 Å². The van der Waals surface area contributed by atoms with Gasteiger partial charge in [0.25, 0.3) is 5.91 Å². The molecule has 6 heteroatoms. The maximum atomic E-state index is 12.0. The number of allylic oxidation sites excluding steroid dienone is 1. The van der Waals surface area contributed by atoms with Crippen molar-refractivity contribution in [3.63, 3.8) is 0 Å². The maximum Gasteiger partial charge on any atom is 0.326 e. The Kier molecular flexibility index (Phi) is 4.24. The summed E-state index contributed by atoms with van der Waals surface area (Å²) < 4.78 is 10.3. The highest BCUT2D eigenvalue weighted by Gasteiger charge is 2.21. The lowest BCUT2D eigenvalue weighted by Crippen LogP contribution is -2.40. The van der Waals surface area contributed by atoms with E-state index in [0.717, 1.165) is 0 Å². The summed E-state index contributed by atoms with van der Waals surface area (Å²) in [4.78, 5) is 23.1. The number of carbonyl (C=O) groups excluding carboxylic acids is 1. The van der Waals surface area contributed by atoms with Gasteiger partial charge in [-0.25, -0.2) is 4.79 Å². The Morgan fingerprint density at radius 1 is 1.40 bits per heavy atom. The van der Waals surface area contributed by atoms with Crippen molar-refractivity contribution in [2.75, 3.05) is 6.79 Å². The van der Waals surface area contributed by atoms with Crippen LogP contribution in [0, 0.1) is 0 Å². The summed E-state index contributed by atoms with van der Waals surface area (Å²) in [7, 11) is 0. The largest absolute Gasteiger partial charge is 0.480 e. The molecule has 2 N–H and O–H groups in total. The predicted molar refractivity (Wildman–Crippen MR) is 70.9 cm³/mol. The molecule has 1 amide bonds. The molecule has 0 saturated carbocycles. The van der Waals surface area contributed by atoms with Crippen LogP contribution >= 0.6 is 0 Å². The third kappa shape index (κ3) is 3.09. The van der Waals surface area contributed by atoms with Crippen molar-refractivity contribution in [2.45, 2.75) is 18.9 Å². The summed E-state index contributed by atoms with van der Waals surface area (Å²) >= 11 is 0. The van der Waals surface area contributed by atoms with Gasteiger partial charge in [-0.15, -0.1) is 6.58 Å². The van der Waals surface area contributed by atoms with Crippen LogP contribution < -0.4 is 14.8 Å². The van der Waals surface area contributed by atoms with E-state index >= 15 is 0 Å². The normalized spacial score (nSPS) is 13.6. The minimum absolute atomic E-state index is 0.123. The first-order chi connectivity index (χ1) is 9.61. The predicted octanol–water partition coefficient (Wildman–Crippen LogP) is 1.56. The number of benzene rings is 1. The van der Waals surface area contributed by atoms with Crippen LogP contribution in [0.1, 0.15) is 23.2 Å². The third-order valence-corrected chi connectivity index (χ3v) is 2.90. The van der Waals surface area contributed by atoms with E-state index in [0.29, 0.717) is 29.9 Å². The molecule has 106 valence electrons. The number of hydrogen-bond acceptors (Lipinski definition) is 4. The van der Waals surface area contributed by atoms with E-state index in [1.165, 1.54) is 6.07 Å². The first-order valence-corrected chi connectivity index (χ1v) is 6.16. The van der Waals surface area contributed by atoms with E-state index < -0.39 is 17.9 Å². The van der Waals surface area contributed by atoms with E-state index in [1.807, 2.05) is 0 Å². The van der Waals surface area contributed by atoms with Crippen molar-refractivity contribution in [3.8, 4) is 11.5 Å². The van der Waals surface area contributed by atoms with Gasteiger partial charge in [0, 0.05) is 5.56 Å². The fourth-order valence-electron chi connectivity index (χ4n) is 1.82. The standard InChI is InChI=1S/C14H15NO5/c1-2-3-4-10(14(17)18)15-13(16)9-5-6-11-12(7-9)20-8-19-11/h2,5-7,10H,1,3-4,8H2,(H,15,16)(H,17,18). The molecule has 1 aromatic rings. The Balaban J connectivity index is 2.06. The molecule has 2 rings (SSSR count). The molecule has 0 saturated heterocycles. The lowest BCUT2D eigenvalue weighted by atomic mass is 10.1. The minimum atomic E-state index is -1.07. The van der Waals surface area contributed by atoms with Gasteiger partial charge in [-0.1, -0.05) is 6.08 Å². The SMILES string of the molecule is C=CCCC(NC(=O)c1ccc2c(c1)OCO2)C(=O)O. The molecular weight excluding hydrogens is 262 g/mol. The summed E-state index contributed by atoms with van der Waals surface area (Å²) in [6.07, 6.45) is 2.43. The number of ether oxygens (including phenoxy) is 2. The van der Waals surface area contributed by atoms with Crippen LogP contribution in [0.15, 0.2) is 30.9 Å². The highest BCUT2D eigenvalue weighted by molar-refractivity contribution is 5.97. The molecule has 0 aromatic heterocycles. The zero-order valence-electron chi connectivity index (χ0n) is 10.8. The van der Waals surface area contributed by atoms with Crippen molar-refractivity contribution in [3.05, 3.63) is 36.4 Å². The van der Waals surface area contributed by atoms with Crippen LogP contribution in [0.4, 0.5) is 0 Å². The van der Waals surface area contributed by atoms with Gasteiger partial charge in [-0.3, -0.25) is 4.79 Å². The smallest absolute Gasteiger partial charge is 0.326 e. The van der Waals surface area contributed by atoms with Gasteiger partial charge in [0.05, 0.1) is 0 Å². The second-order valence-corrected chi connectivity index (χ2v) is 4.30. The minimum Gasteiger partial charge on any atom is -0.480 e. The Labute approximate surface area is 116 Å². The molecule has 1 aliphatic heterocycles. The Morgan fingerprint density at radius 2 is 2.15 bits per heavy atom. The van der Waals surface area contributed by atoms with Gasteiger partial charge in [0.2, 0.25) is 6.79 Å². The quantitative estimate of drug-likeness (QED) is 0.771. The van der Waals surface area contributed by atoms with Crippen LogP contribution in [-0.2, 0) is 4.79 Å². The number of fused-ring (bicyclic) bond motifs is 1. The average molecular weight is 277 g/mol. The number of amides is 1. The molecule has 20 heavy (non-hydrogen) atoms. The molecule has 1 aromatic carbocycles. The first-order valence-electron chi connectivity index (χ1n) is 6.16. The summed E-state index contributed by atoms with van der Waals surface area (Å²) in [6, 6.07) is 3.78. The molecule has 0 fully saturated rings. The molecule has 1 unspecified atom stereocenters. The number of carbonyl (C=O) groups is 2. The van der Waals surface area contributed by atoms with Gasteiger partial charge < -0.3 is 19.9 Å². The molecule has 1 aliphatic rings. The van der Waals surface area contributed by atoms with Gasteiger partial charge in [-0.05, 0) is 31.0 Å².